The average molecular weight is 271 g/mol. The van der Waals surface area contributed by atoms with Crippen molar-refractivity contribution in [3.05, 3.63) is 0 Å². The highest BCUT2D eigenvalue weighted by Gasteiger charge is 2.35. The zero-order valence-corrected chi connectivity index (χ0v) is 13.0. The van der Waals surface area contributed by atoms with Crippen molar-refractivity contribution in [1.29, 1.82) is 0 Å². The zero-order valence-electron chi connectivity index (χ0n) is 13.0. The minimum absolute atomic E-state index is 0.0225. The molecule has 1 aliphatic rings. The van der Waals surface area contributed by atoms with Crippen LogP contribution in [-0.2, 0) is 9.53 Å². The molecule has 112 valence electrons. The minimum atomic E-state index is -0.650. The van der Waals surface area contributed by atoms with Crippen molar-refractivity contribution in [3.63, 3.8) is 0 Å². The molecule has 0 aromatic heterocycles. The average Bonchev–Trinajstić information content (AvgIpc) is 2.25. The van der Waals surface area contributed by atoms with Crippen LogP contribution in [0.2, 0.25) is 0 Å². The normalized spacial score (nSPS) is 23.3. The molecular formula is C14H29N3O2. The molecule has 1 amide bonds. The van der Waals surface area contributed by atoms with E-state index in [-0.39, 0.29) is 17.5 Å². The summed E-state index contributed by atoms with van der Waals surface area (Å²) in [4.78, 5) is 14.1. The van der Waals surface area contributed by atoms with Gasteiger partial charge in [0.1, 0.15) is 0 Å². The van der Waals surface area contributed by atoms with Gasteiger partial charge < -0.3 is 15.8 Å². The molecular weight excluding hydrogens is 242 g/mol. The maximum atomic E-state index is 11.7. The first-order valence-electron chi connectivity index (χ1n) is 7.08. The summed E-state index contributed by atoms with van der Waals surface area (Å²) in [5, 5.41) is 3.29. The van der Waals surface area contributed by atoms with Crippen molar-refractivity contribution in [2.45, 2.75) is 58.2 Å². The van der Waals surface area contributed by atoms with E-state index < -0.39 is 5.54 Å². The third-order valence-electron chi connectivity index (χ3n) is 3.85. The molecule has 1 rings (SSSR count). The number of carbonyl (C=O) groups excluding carboxylic acids is 1. The smallest absolute Gasteiger partial charge is 0.237 e. The lowest BCUT2D eigenvalue weighted by atomic mass is 9.93. The van der Waals surface area contributed by atoms with E-state index in [2.05, 4.69) is 24.1 Å². The maximum absolute atomic E-state index is 11.7. The van der Waals surface area contributed by atoms with Gasteiger partial charge in [0, 0.05) is 24.7 Å². The highest BCUT2D eigenvalue weighted by molar-refractivity contribution is 5.84. The van der Waals surface area contributed by atoms with Crippen LogP contribution in [0.5, 0.6) is 0 Å². The minimum Gasteiger partial charge on any atom is -0.378 e. The second-order valence-electron chi connectivity index (χ2n) is 6.60. The number of primary amides is 1. The summed E-state index contributed by atoms with van der Waals surface area (Å²) in [7, 11) is 0. The van der Waals surface area contributed by atoms with Gasteiger partial charge in [-0.15, -0.1) is 0 Å². The van der Waals surface area contributed by atoms with Crippen LogP contribution in [0.15, 0.2) is 0 Å². The molecule has 0 bridgehead atoms. The van der Waals surface area contributed by atoms with E-state index in [1.807, 2.05) is 20.8 Å². The second kappa shape index (κ2) is 6.20. The Hall–Kier alpha value is -0.650. The SMILES string of the molecule is CC(C)NC(C)(CCN1CCOCC1(C)C)C(N)=O. The first kappa shape index (κ1) is 16.4. The van der Waals surface area contributed by atoms with Crippen LogP contribution in [0.1, 0.15) is 41.0 Å². The number of rotatable bonds is 6. The molecule has 0 aromatic carbocycles. The first-order valence-corrected chi connectivity index (χ1v) is 7.08. The molecule has 1 fully saturated rings. The van der Waals surface area contributed by atoms with Crippen molar-refractivity contribution in [2.24, 2.45) is 5.73 Å². The zero-order chi connectivity index (χ0) is 14.7. The van der Waals surface area contributed by atoms with Crippen molar-refractivity contribution < 1.29 is 9.53 Å². The topological polar surface area (TPSA) is 67.6 Å². The van der Waals surface area contributed by atoms with E-state index in [9.17, 15) is 4.79 Å². The van der Waals surface area contributed by atoms with E-state index in [0.717, 1.165) is 26.3 Å². The van der Waals surface area contributed by atoms with Crippen molar-refractivity contribution in [1.82, 2.24) is 10.2 Å². The van der Waals surface area contributed by atoms with Crippen LogP contribution in [0, 0.1) is 0 Å². The van der Waals surface area contributed by atoms with Gasteiger partial charge in [0.2, 0.25) is 5.91 Å². The van der Waals surface area contributed by atoms with Crippen molar-refractivity contribution in [2.75, 3.05) is 26.3 Å². The molecule has 5 heteroatoms. The van der Waals surface area contributed by atoms with Gasteiger partial charge in [0.25, 0.3) is 0 Å². The molecule has 1 atom stereocenters. The third-order valence-corrected chi connectivity index (χ3v) is 3.85. The van der Waals surface area contributed by atoms with Gasteiger partial charge in [-0.05, 0) is 41.0 Å². The second-order valence-corrected chi connectivity index (χ2v) is 6.60. The number of morpholine rings is 1. The monoisotopic (exact) mass is 271 g/mol. The van der Waals surface area contributed by atoms with Crippen LogP contribution in [-0.4, -0.2) is 54.2 Å². The molecule has 19 heavy (non-hydrogen) atoms. The Kier molecular flexibility index (Phi) is 5.35. The fourth-order valence-corrected chi connectivity index (χ4v) is 2.57. The fraction of sp³-hybridized carbons (Fsp3) is 0.929. The molecule has 0 radical (unpaired) electrons. The van der Waals surface area contributed by atoms with Crippen LogP contribution < -0.4 is 11.1 Å². The maximum Gasteiger partial charge on any atom is 0.237 e. The summed E-state index contributed by atoms with van der Waals surface area (Å²) >= 11 is 0. The molecule has 3 N–H and O–H groups in total. The van der Waals surface area contributed by atoms with Crippen molar-refractivity contribution in [3.8, 4) is 0 Å². The number of amides is 1. The Morgan fingerprint density at radius 3 is 2.63 bits per heavy atom. The molecule has 1 saturated heterocycles. The summed E-state index contributed by atoms with van der Waals surface area (Å²) in [5.74, 6) is -0.285. The Morgan fingerprint density at radius 2 is 2.16 bits per heavy atom. The van der Waals surface area contributed by atoms with Crippen LogP contribution >= 0.6 is 0 Å². The predicted octanol–water partition coefficient (Wildman–Crippen LogP) is 0.729. The number of ether oxygens (including phenoxy) is 1. The summed E-state index contributed by atoms with van der Waals surface area (Å²) in [6.45, 7) is 13.5. The summed E-state index contributed by atoms with van der Waals surface area (Å²) in [6.07, 6.45) is 0.712. The fourth-order valence-electron chi connectivity index (χ4n) is 2.57. The van der Waals surface area contributed by atoms with E-state index in [1.165, 1.54) is 0 Å². The molecule has 0 aliphatic carbocycles. The number of nitrogens with zero attached hydrogens (tertiary/aromatic N) is 1. The lowest BCUT2D eigenvalue weighted by Gasteiger charge is -2.43. The van der Waals surface area contributed by atoms with Crippen LogP contribution in [0.25, 0.3) is 0 Å². The number of hydrogen-bond donors (Lipinski definition) is 2. The van der Waals surface area contributed by atoms with Gasteiger partial charge in [-0.25, -0.2) is 0 Å². The molecule has 5 nitrogen and oxygen atoms in total. The number of hydrogen-bond acceptors (Lipinski definition) is 4. The molecule has 0 spiro atoms. The standard InChI is InChI=1S/C14H29N3O2/c1-11(2)16-14(5,12(15)18)6-7-17-8-9-19-10-13(17,3)4/h11,16H,6-10H2,1-5H3,(H2,15,18). The highest BCUT2D eigenvalue weighted by atomic mass is 16.5. The van der Waals surface area contributed by atoms with Crippen LogP contribution in [0.3, 0.4) is 0 Å². The Bertz CT molecular complexity index is 318. The van der Waals surface area contributed by atoms with Gasteiger partial charge >= 0.3 is 0 Å². The van der Waals surface area contributed by atoms with Gasteiger partial charge in [0.05, 0.1) is 18.8 Å². The van der Waals surface area contributed by atoms with E-state index in [1.54, 1.807) is 0 Å². The quantitative estimate of drug-likeness (QED) is 0.747. The Labute approximate surface area is 116 Å². The lowest BCUT2D eigenvalue weighted by molar-refractivity contribution is -0.125. The molecule has 0 aromatic rings. The lowest BCUT2D eigenvalue weighted by Crippen LogP contribution is -2.59. The summed E-state index contributed by atoms with van der Waals surface area (Å²) < 4.78 is 5.51. The highest BCUT2D eigenvalue weighted by Crippen LogP contribution is 2.21. The number of carbonyl (C=O) groups is 1. The predicted molar refractivity (Wildman–Crippen MR) is 77.0 cm³/mol. The van der Waals surface area contributed by atoms with E-state index >= 15 is 0 Å². The Morgan fingerprint density at radius 1 is 1.53 bits per heavy atom. The molecule has 1 heterocycles. The van der Waals surface area contributed by atoms with E-state index in [4.69, 9.17) is 10.5 Å². The summed E-state index contributed by atoms with van der Waals surface area (Å²) in [5.41, 5.74) is 4.93. The number of nitrogens with two attached hydrogens (primary N) is 1. The van der Waals surface area contributed by atoms with Gasteiger partial charge in [-0.1, -0.05) is 0 Å². The molecule has 0 saturated carbocycles. The number of nitrogens with one attached hydrogen (secondary N) is 1. The van der Waals surface area contributed by atoms with Crippen molar-refractivity contribution >= 4 is 5.91 Å². The Balaban J connectivity index is 2.63. The molecule has 1 aliphatic heterocycles. The van der Waals surface area contributed by atoms with Gasteiger partial charge in [-0.3, -0.25) is 9.69 Å². The van der Waals surface area contributed by atoms with Gasteiger partial charge in [0.15, 0.2) is 0 Å². The van der Waals surface area contributed by atoms with Crippen LogP contribution in [0.4, 0.5) is 0 Å². The van der Waals surface area contributed by atoms with Gasteiger partial charge in [-0.2, -0.15) is 0 Å². The first-order chi connectivity index (χ1) is 8.67. The molecule has 1 unspecified atom stereocenters. The third kappa shape index (κ3) is 4.44. The van der Waals surface area contributed by atoms with E-state index in [0.29, 0.717) is 6.42 Å². The largest absolute Gasteiger partial charge is 0.378 e. The summed E-state index contributed by atoms with van der Waals surface area (Å²) in [6, 6.07) is 0.232.